The van der Waals surface area contributed by atoms with E-state index < -0.39 is 34.5 Å². The van der Waals surface area contributed by atoms with Crippen LogP contribution in [0.3, 0.4) is 0 Å². The van der Waals surface area contributed by atoms with Gasteiger partial charge >= 0.3 is 6.18 Å². The SMILES string of the molecule is NC(=O)C1CCN(C(=O)C2CC(=O)N(c3ccc(Cl)c(C(F)(F)F)c3)C2)CC1. The summed E-state index contributed by atoms with van der Waals surface area (Å²) in [5.41, 5.74) is 4.32. The summed E-state index contributed by atoms with van der Waals surface area (Å²) in [7, 11) is 0. The highest BCUT2D eigenvalue weighted by Crippen LogP contribution is 2.38. The van der Waals surface area contributed by atoms with Gasteiger partial charge in [0, 0.05) is 37.7 Å². The van der Waals surface area contributed by atoms with Gasteiger partial charge in [-0.15, -0.1) is 0 Å². The van der Waals surface area contributed by atoms with Crippen LogP contribution in [0.25, 0.3) is 0 Å². The maximum atomic E-state index is 13.1. The lowest BCUT2D eigenvalue weighted by Gasteiger charge is -2.32. The van der Waals surface area contributed by atoms with E-state index in [2.05, 4.69) is 0 Å². The molecule has 2 N–H and O–H groups in total. The molecule has 0 aromatic heterocycles. The van der Waals surface area contributed by atoms with Crippen molar-refractivity contribution in [2.45, 2.75) is 25.4 Å². The first kappa shape index (κ1) is 20.4. The number of amides is 3. The summed E-state index contributed by atoms with van der Waals surface area (Å²) < 4.78 is 39.2. The smallest absolute Gasteiger partial charge is 0.369 e. The van der Waals surface area contributed by atoms with Gasteiger partial charge in [-0.3, -0.25) is 14.4 Å². The molecule has 28 heavy (non-hydrogen) atoms. The van der Waals surface area contributed by atoms with Gasteiger partial charge in [-0.05, 0) is 31.0 Å². The van der Waals surface area contributed by atoms with Crippen LogP contribution < -0.4 is 10.6 Å². The topological polar surface area (TPSA) is 83.7 Å². The lowest BCUT2D eigenvalue weighted by Crippen LogP contribution is -2.44. The van der Waals surface area contributed by atoms with Crippen molar-refractivity contribution in [2.75, 3.05) is 24.5 Å². The summed E-state index contributed by atoms with van der Waals surface area (Å²) in [5.74, 6) is -1.94. The van der Waals surface area contributed by atoms with Crippen molar-refractivity contribution < 1.29 is 27.6 Å². The average Bonchev–Trinajstić information content (AvgIpc) is 3.02. The first-order chi connectivity index (χ1) is 13.1. The van der Waals surface area contributed by atoms with Crippen LogP contribution >= 0.6 is 11.6 Å². The number of nitrogens with two attached hydrogens (primary N) is 1. The van der Waals surface area contributed by atoms with Gasteiger partial charge < -0.3 is 15.5 Å². The van der Waals surface area contributed by atoms with Crippen molar-refractivity contribution in [3.63, 3.8) is 0 Å². The summed E-state index contributed by atoms with van der Waals surface area (Å²) >= 11 is 5.62. The molecule has 1 aromatic rings. The highest BCUT2D eigenvalue weighted by molar-refractivity contribution is 6.31. The van der Waals surface area contributed by atoms with Gasteiger partial charge in [-0.25, -0.2) is 0 Å². The second-order valence-corrected chi connectivity index (χ2v) is 7.48. The Kier molecular flexibility index (Phi) is 5.56. The number of alkyl halides is 3. The number of rotatable bonds is 3. The number of hydrogen-bond acceptors (Lipinski definition) is 3. The first-order valence-corrected chi connectivity index (χ1v) is 9.21. The third kappa shape index (κ3) is 4.09. The fourth-order valence-electron chi connectivity index (χ4n) is 3.66. The largest absolute Gasteiger partial charge is 0.417 e. The molecule has 2 saturated heterocycles. The predicted octanol–water partition coefficient (Wildman–Crippen LogP) is 2.44. The van der Waals surface area contributed by atoms with Crippen LogP contribution in [-0.2, 0) is 20.6 Å². The molecule has 1 aromatic carbocycles. The Morgan fingerprint density at radius 1 is 1.14 bits per heavy atom. The van der Waals surface area contributed by atoms with Gasteiger partial charge in [-0.1, -0.05) is 11.6 Å². The molecule has 2 aliphatic heterocycles. The van der Waals surface area contributed by atoms with E-state index in [0.29, 0.717) is 25.9 Å². The number of carbonyl (C=O) groups excluding carboxylic acids is 3. The fourth-order valence-corrected chi connectivity index (χ4v) is 3.89. The van der Waals surface area contributed by atoms with Crippen molar-refractivity contribution >= 4 is 35.0 Å². The van der Waals surface area contributed by atoms with E-state index in [-0.39, 0.29) is 30.5 Å². The number of halogens is 4. The summed E-state index contributed by atoms with van der Waals surface area (Å²) in [4.78, 5) is 39.1. The standard InChI is InChI=1S/C18H19ClF3N3O3/c19-14-2-1-12(8-13(14)18(20,21)22)25-9-11(7-15(25)26)17(28)24-5-3-10(4-6-24)16(23)27/h1-2,8,10-11H,3-7,9H2,(H2,23,27). The molecule has 1 unspecified atom stereocenters. The van der Waals surface area contributed by atoms with Crippen LogP contribution in [0.15, 0.2) is 18.2 Å². The minimum Gasteiger partial charge on any atom is -0.369 e. The number of anilines is 1. The Morgan fingerprint density at radius 3 is 2.36 bits per heavy atom. The number of nitrogens with zero attached hydrogens (tertiary/aromatic N) is 2. The van der Waals surface area contributed by atoms with Crippen LogP contribution in [0, 0.1) is 11.8 Å². The summed E-state index contributed by atoms with van der Waals surface area (Å²) in [6, 6.07) is 3.25. The number of likely N-dealkylation sites (tertiary alicyclic amines) is 1. The molecule has 3 rings (SSSR count). The number of carbonyl (C=O) groups is 3. The van der Waals surface area contributed by atoms with E-state index in [4.69, 9.17) is 17.3 Å². The number of benzene rings is 1. The third-order valence-electron chi connectivity index (χ3n) is 5.25. The van der Waals surface area contributed by atoms with E-state index in [1.165, 1.54) is 11.0 Å². The molecule has 0 saturated carbocycles. The van der Waals surface area contributed by atoms with Gasteiger partial charge in [0.1, 0.15) is 0 Å². The van der Waals surface area contributed by atoms with Gasteiger partial charge in [-0.2, -0.15) is 13.2 Å². The Hall–Kier alpha value is -2.29. The lowest BCUT2D eigenvalue weighted by atomic mass is 9.95. The Morgan fingerprint density at radius 2 is 1.79 bits per heavy atom. The molecule has 0 spiro atoms. The monoisotopic (exact) mass is 417 g/mol. The average molecular weight is 418 g/mol. The van der Waals surface area contributed by atoms with E-state index in [9.17, 15) is 27.6 Å². The lowest BCUT2D eigenvalue weighted by molar-refractivity contribution is -0.138. The molecule has 2 heterocycles. The van der Waals surface area contributed by atoms with Crippen molar-refractivity contribution in [3.8, 4) is 0 Å². The van der Waals surface area contributed by atoms with E-state index >= 15 is 0 Å². The molecular formula is C18H19ClF3N3O3. The zero-order chi connectivity index (χ0) is 20.6. The molecule has 6 nitrogen and oxygen atoms in total. The van der Waals surface area contributed by atoms with E-state index in [1.807, 2.05) is 0 Å². The quantitative estimate of drug-likeness (QED) is 0.819. The second-order valence-electron chi connectivity index (χ2n) is 7.07. The molecule has 0 bridgehead atoms. The van der Waals surface area contributed by atoms with E-state index in [0.717, 1.165) is 12.1 Å². The zero-order valence-electron chi connectivity index (χ0n) is 14.8. The predicted molar refractivity (Wildman–Crippen MR) is 95.4 cm³/mol. The maximum absolute atomic E-state index is 13.1. The highest BCUT2D eigenvalue weighted by Gasteiger charge is 2.40. The van der Waals surface area contributed by atoms with Crippen LogP contribution in [0.5, 0.6) is 0 Å². The van der Waals surface area contributed by atoms with Crippen LogP contribution in [-0.4, -0.2) is 42.3 Å². The molecule has 10 heteroatoms. The van der Waals surface area contributed by atoms with Crippen molar-refractivity contribution in [2.24, 2.45) is 17.6 Å². The van der Waals surface area contributed by atoms with Crippen molar-refractivity contribution in [3.05, 3.63) is 28.8 Å². The van der Waals surface area contributed by atoms with Gasteiger partial charge in [0.2, 0.25) is 17.7 Å². The minimum atomic E-state index is -4.64. The minimum absolute atomic E-state index is 0.00629. The normalized spacial score (nSPS) is 21.3. The molecule has 2 aliphatic rings. The Bertz CT molecular complexity index is 807. The van der Waals surface area contributed by atoms with Crippen LogP contribution in [0.2, 0.25) is 5.02 Å². The Labute approximate surface area is 164 Å². The molecule has 0 aliphatic carbocycles. The van der Waals surface area contributed by atoms with Crippen molar-refractivity contribution in [1.82, 2.24) is 4.90 Å². The summed E-state index contributed by atoms with van der Waals surface area (Å²) in [5, 5.41) is -0.451. The molecule has 2 fully saturated rings. The third-order valence-corrected chi connectivity index (χ3v) is 5.58. The Balaban J connectivity index is 1.70. The first-order valence-electron chi connectivity index (χ1n) is 8.83. The number of primary amides is 1. The van der Waals surface area contributed by atoms with Crippen LogP contribution in [0.4, 0.5) is 18.9 Å². The summed E-state index contributed by atoms with van der Waals surface area (Å²) in [6.45, 7) is 0.749. The summed E-state index contributed by atoms with van der Waals surface area (Å²) in [6.07, 6.45) is -3.77. The van der Waals surface area contributed by atoms with Crippen molar-refractivity contribution in [1.29, 1.82) is 0 Å². The molecule has 0 radical (unpaired) electrons. The zero-order valence-corrected chi connectivity index (χ0v) is 15.6. The fraction of sp³-hybridized carbons (Fsp3) is 0.500. The van der Waals surface area contributed by atoms with Gasteiger partial charge in [0.15, 0.2) is 0 Å². The number of hydrogen-bond donors (Lipinski definition) is 1. The van der Waals surface area contributed by atoms with Crippen LogP contribution in [0.1, 0.15) is 24.8 Å². The van der Waals surface area contributed by atoms with Gasteiger partial charge in [0.25, 0.3) is 0 Å². The number of piperidine rings is 1. The second kappa shape index (κ2) is 7.62. The highest BCUT2D eigenvalue weighted by atomic mass is 35.5. The van der Waals surface area contributed by atoms with E-state index in [1.54, 1.807) is 4.90 Å². The maximum Gasteiger partial charge on any atom is 0.417 e. The molecule has 1 atom stereocenters. The molecular weight excluding hydrogens is 399 g/mol. The molecule has 3 amide bonds. The van der Waals surface area contributed by atoms with Gasteiger partial charge in [0.05, 0.1) is 16.5 Å². The molecule has 152 valence electrons.